The van der Waals surface area contributed by atoms with Crippen molar-refractivity contribution in [2.45, 2.75) is 26.0 Å². The summed E-state index contributed by atoms with van der Waals surface area (Å²) >= 11 is 0. The minimum absolute atomic E-state index is 0. The predicted octanol–water partition coefficient (Wildman–Crippen LogP) is 4.31. The van der Waals surface area contributed by atoms with Gasteiger partial charge in [-0.15, -0.1) is 37.1 Å². The van der Waals surface area contributed by atoms with Crippen LogP contribution in [0.2, 0.25) is 0 Å². The fourth-order valence-corrected chi connectivity index (χ4v) is 2.88. The smallest absolute Gasteiger partial charge is 0.405 e. The number of benzene rings is 2. The highest BCUT2D eigenvalue weighted by Crippen LogP contribution is 2.26. The van der Waals surface area contributed by atoms with Gasteiger partial charge in [-0.05, 0) is 23.3 Å². The van der Waals surface area contributed by atoms with Gasteiger partial charge >= 0.3 is 6.36 Å². The van der Waals surface area contributed by atoms with E-state index in [-0.39, 0.29) is 36.3 Å². The second kappa shape index (κ2) is 11.6. The summed E-state index contributed by atoms with van der Waals surface area (Å²) < 4.78 is 43.6. The lowest BCUT2D eigenvalue weighted by Gasteiger charge is -2.16. The van der Waals surface area contributed by atoms with Gasteiger partial charge in [-0.3, -0.25) is 9.67 Å². The summed E-state index contributed by atoms with van der Waals surface area (Å²) in [6, 6.07) is 15.9. The normalized spacial score (nSPS) is 11.5. The van der Waals surface area contributed by atoms with Crippen LogP contribution in [0, 0.1) is 0 Å². The van der Waals surface area contributed by atoms with E-state index in [1.807, 2.05) is 35.1 Å². The van der Waals surface area contributed by atoms with Crippen LogP contribution in [0.15, 0.2) is 72.0 Å². The third-order valence-electron chi connectivity index (χ3n) is 4.22. The zero-order valence-electron chi connectivity index (χ0n) is 16.8. The van der Waals surface area contributed by atoms with Gasteiger partial charge in [0.15, 0.2) is 5.96 Å². The maximum absolute atomic E-state index is 12.6. The lowest BCUT2D eigenvalue weighted by Crippen LogP contribution is -2.36. The topological polar surface area (TPSA) is 63.5 Å². The van der Waals surface area contributed by atoms with Crippen LogP contribution in [0.1, 0.15) is 16.7 Å². The second-order valence-electron chi connectivity index (χ2n) is 6.46. The van der Waals surface area contributed by atoms with Gasteiger partial charge in [0.1, 0.15) is 5.75 Å². The first-order chi connectivity index (χ1) is 14.4. The van der Waals surface area contributed by atoms with Gasteiger partial charge in [0, 0.05) is 38.1 Å². The predicted molar refractivity (Wildman–Crippen MR) is 123 cm³/mol. The molecular weight excluding hydrogens is 522 g/mol. The van der Waals surface area contributed by atoms with Gasteiger partial charge in [0.25, 0.3) is 0 Å². The van der Waals surface area contributed by atoms with Crippen LogP contribution in [0.3, 0.4) is 0 Å². The molecule has 6 nitrogen and oxygen atoms in total. The number of rotatable bonds is 7. The highest BCUT2D eigenvalue weighted by molar-refractivity contribution is 14.0. The Kier molecular flexibility index (Phi) is 9.16. The highest BCUT2D eigenvalue weighted by atomic mass is 127. The molecule has 0 saturated heterocycles. The van der Waals surface area contributed by atoms with E-state index < -0.39 is 6.36 Å². The Hall–Kier alpha value is -2.76. The van der Waals surface area contributed by atoms with Crippen molar-refractivity contribution in [2.24, 2.45) is 4.99 Å². The monoisotopic (exact) mass is 545 g/mol. The highest BCUT2D eigenvalue weighted by Gasteiger charge is 2.31. The van der Waals surface area contributed by atoms with Gasteiger partial charge in [0.05, 0.1) is 6.54 Å². The number of nitrogens with one attached hydrogen (secondary N) is 2. The summed E-state index contributed by atoms with van der Waals surface area (Å²) in [4.78, 5) is 4.12. The van der Waals surface area contributed by atoms with Gasteiger partial charge in [0.2, 0.25) is 0 Å². The zero-order chi connectivity index (χ0) is 21.4. The molecule has 2 N–H and O–H groups in total. The van der Waals surface area contributed by atoms with Crippen molar-refractivity contribution in [3.8, 4) is 5.75 Å². The Morgan fingerprint density at radius 1 is 1.03 bits per heavy atom. The van der Waals surface area contributed by atoms with Crippen molar-refractivity contribution in [2.75, 3.05) is 7.05 Å². The first kappa shape index (κ1) is 24.5. The first-order valence-electron chi connectivity index (χ1n) is 9.26. The van der Waals surface area contributed by atoms with Crippen LogP contribution in [0.25, 0.3) is 0 Å². The van der Waals surface area contributed by atoms with E-state index >= 15 is 0 Å². The molecule has 2 aromatic carbocycles. The lowest BCUT2D eigenvalue weighted by atomic mass is 10.1. The van der Waals surface area contributed by atoms with Crippen LogP contribution >= 0.6 is 24.0 Å². The number of aliphatic imine (C=N–C) groups is 1. The number of guanidine groups is 1. The average molecular weight is 545 g/mol. The Balaban J connectivity index is 0.00000341. The second-order valence-corrected chi connectivity index (χ2v) is 6.46. The summed E-state index contributed by atoms with van der Waals surface area (Å²) in [7, 11) is 1.60. The van der Waals surface area contributed by atoms with Crippen molar-refractivity contribution >= 4 is 29.9 Å². The molecule has 0 radical (unpaired) electrons. The quantitative estimate of drug-likeness (QED) is 0.264. The molecule has 0 saturated carbocycles. The first-order valence-corrected chi connectivity index (χ1v) is 9.26. The van der Waals surface area contributed by atoms with Gasteiger partial charge < -0.3 is 15.4 Å². The van der Waals surface area contributed by atoms with E-state index in [4.69, 9.17) is 0 Å². The van der Waals surface area contributed by atoms with Gasteiger partial charge in [-0.25, -0.2) is 0 Å². The number of hydrogen-bond acceptors (Lipinski definition) is 3. The molecule has 0 bridgehead atoms. The summed E-state index contributed by atoms with van der Waals surface area (Å²) in [5, 5.41) is 10.4. The number of hydrogen-bond donors (Lipinski definition) is 2. The molecule has 0 aliphatic heterocycles. The molecule has 0 atom stereocenters. The zero-order valence-corrected chi connectivity index (χ0v) is 19.1. The molecule has 166 valence electrons. The molecule has 1 aromatic heterocycles. The molecule has 3 rings (SSSR count). The molecule has 10 heteroatoms. The summed E-state index contributed by atoms with van der Waals surface area (Å²) in [6.45, 7) is 1.31. The molecule has 0 spiro atoms. The molecule has 0 aliphatic rings. The van der Waals surface area contributed by atoms with Crippen LogP contribution in [-0.2, 0) is 19.6 Å². The van der Waals surface area contributed by atoms with E-state index in [1.165, 1.54) is 12.1 Å². The minimum atomic E-state index is -4.74. The van der Waals surface area contributed by atoms with Crippen molar-refractivity contribution in [1.82, 2.24) is 20.4 Å². The number of para-hydroxylation sites is 1. The van der Waals surface area contributed by atoms with Gasteiger partial charge in [-0.1, -0.05) is 42.5 Å². The summed E-state index contributed by atoms with van der Waals surface area (Å²) in [5.41, 5.74) is 2.53. The molecule has 0 aliphatic carbocycles. The SMILES string of the molecule is CN=C(NCc1cccc(Cn2cccn2)c1)NCc1ccccc1OC(F)(F)F.I. The largest absolute Gasteiger partial charge is 0.573 e. The van der Waals surface area contributed by atoms with E-state index in [0.29, 0.717) is 24.6 Å². The number of alkyl halides is 3. The summed E-state index contributed by atoms with van der Waals surface area (Å²) in [5.74, 6) is 0.230. The molecule has 0 unspecified atom stereocenters. The number of ether oxygens (including phenoxy) is 1. The van der Waals surface area contributed by atoms with Crippen LogP contribution in [-0.4, -0.2) is 29.2 Å². The van der Waals surface area contributed by atoms with Crippen LogP contribution < -0.4 is 15.4 Å². The molecule has 1 heterocycles. The third-order valence-corrected chi connectivity index (χ3v) is 4.22. The Labute approximate surface area is 195 Å². The standard InChI is InChI=1S/C21H22F3N5O.HI/c1-25-20(27-14-18-8-2-3-9-19(18)30-21(22,23)24)26-13-16-6-4-7-17(12-16)15-29-11-5-10-28-29;/h2-12H,13-15H2,1H3,(H2,25,26,27);1H. The maximum atomic E-state index is 12.6. The third kappa shape index (κ3) is 8.12. The fraction of sp³-hybridized carbons (Fsp3) is 0.238. The number of aromatic nitrogens is 2. The molecule has 3 aromatic rings. The van der Waals surface area contributed by atoms with E-state index in [1.54, 1.807) is 25.4 Å². The van der Waals surface area contributed by atoms with Crippen molar-refractivity contribution in [1.29, 1.82) is 0 Å². The molecule has 0 amide bonds. The number of halogens is 4. The van der Waals surface area contributed by atoms with Crippen molar-refractivity contribution < 1.29 is 17.9 Å². The van der Waals surface area contributed by atoms with E-state index in [9.17, 15) is 13.2 Å². The Morgan fingerprint density at radius 3 is 2.48 bits per heavy atom. The Morgan fingerprint density at radius 2 is 1.77 bits per heavy atom. The van der Waals surface area contributed by atoms with Crippen LogP contribution in [0.4, 0.5) is 13.2 Å². The van der Waals surface area contributed by atoms with Crippen molar-refractivity contribution in [3.05, 3.63) is 83.7 Å². The van der Waals surface area contributed by atoms with E-state index in [0.717, 1.165) is 11.1 Å². The number of nitrogens with zero attached hydrogens (tertiary/aromatic N) is 3. The molecule has 0 fully saturated rings. The minimum Gasteiger partial charge on any atom is -0.405 e. The Bertz CT molecular complexity index is 977. The molecular formula is C21H23F3IN5O. The average Bonchev–Trinajstić information content (AvgIpc) is 3.21. The van der Waals surface area contributed by atoms with Crippen molar-refractivity contribution in [3.63, 3.8) is 0 Å². The summed E-state index contributed by atoms with van der Waals surface area (Å²) in [6.07, 6.45) is -1.10. The van der Waals surface area contributed by atoms with E-state index in [2.05, 4.69) is 31.5 Å². The van der Waals surface area contributed by atoms with Gasteiger partial charge in [-0.2, -0.15) is 5.10 Å². The van der Waals surface area contributed by atoms with Crippen LogP contribution in [0.5, 0.6) is 5.75 Å². The lowest BCUT2D eigenvalue weighted by molar-refractivity contribution is -0.274. The fourth-order valence-electron chi connectivity index (χ4n) is 2.88. The molecule has 31 heavy (non-hydrogen) atoms. The maximum Gasteiger partial charge on any atom is 0.573 e.